The number of nitrogens with zero attached hydrogens (tertiary/aromatic N) is 1. The van der Waals surface area contributed by atoms with Crippen molar-refractivity contribution >= 4 is 29.5 Å². The number of piperidine rings is 1. The van der Waals surface area contributed by atoms with Crippen LogP contribution in [0.2, 0.25) is 0 Å². The smallest absolute Gasteiger partial charge is 0.262 e. The zero-order valence-electron chi connectivity index (χ0n) is 12.2. The Balaban J connectivity index is 1.96. The molecule has 0 aromatic heterocycles. The van der Waals surface area contributed by atoms with Crippen molar-refractivity contribution < 1.29 is 24.0 Å². The van der Waals surface area contributed by atoms with Crippen molar-refractivity contribution in [2.24, 2.45) is 0 Å². The first-order valence-corrected chi connectivity index (χ1v) is 7.01. The van der Waals surface area contributed by atoms with Crippen LogP contribution in [0.5, 0.6) is 0 Å². The third-order valence-corrected chi connectivity index (χ3v) is 3.93. The van der Waals surface area contributed by atoms with E-state index in [0.29, 0.717) is 0 Å². The van der Waals surface area contributed by atoms with Gasteiger partial charge in [-0.25, -0.2) is 0 Å². The minimum atomic E-state index is -1.01. The molecule has 3 rings (SSSR count). The molecule has 0 saturated carbocycles. The van der Waals surface area contributed by atoms with E-state index < -0.39 is 29.7 Å². The van der Waals surface area contributed by atoms with Gasteiger partial charge in [-0.05, 0) is 24.6 Å². The lowest BCUT2D eigenvalue weighted by Gasteiger charge is -2.27. The lowest BCUT2D eigenvalue weighted by Crippen LogP contribution is -2.54. The van der Waals surface area contributed by atoms with Gasteiger partial charge in [-0.3, -0.25) is 34.2 Å². The van der Waals surface area contributed by atoms with E-state index in [1.165, 1.54) is 25.2 Å². The van der Waals surface area contributed by atoms with Gasteiger partial charge in [0.05, 0.1) is 11.1 Å². The topological polar surface area (TPSA) is 113 Å². The van der Waals surface area contributed by atoms with Gasteiger partial charge in [0.1, 0.15) is 6.04 Å². The molecule has 8 heteroatoms. The highest BCUT2D eigenvalue weighted by Gasteiger charge is 2.44. The van der Waals surface area contributed by atoms with Gasteiger partial charge in [-0.1, -0.05) is 0 Å². The van der Waals surface area contributed by atoms with Crippen molar-refractivity contribution in [3.8, 4) is 0 Å². The maximum Gasteiger partial charge on any atom is 0.262 e. The van der Waals surface area contributed by atoms with Gasteiger partial charge >= 0.3 is 0 Å². The lowest BCUT2D eigenvalue weighted by molar-refractivity contribution is -0.136. The molecule has 0 spiro atoms. The van der Waals surface area contributed by atoms with Gasteiger partial charge in [-0.15, -0.1) is 0 Å². The van der Waals surface area contributed by atoms with Crippen molar-refractivity contribution in [2.45, 2.75) is 18.9 Å². The molecule has 2 aliphatic rings. The summed E-state index contributed by atoms with van der Waals surface area (Å²) in [6.45, 7) is 0. The maximum absolute atomic E-state index is 12.5. The van der Waals surface area contributed by atoms with Crippen LogP contribution in [0.3, 0.4) is 0 Å². The van der Waals surface area contributed by atoms with E-state index in [1.54, 1.807) is 0 Å². The molecule has 0 radical (unpaired) electrons. The number of hydrogen-bond donors (Lipinski definition) is 2. The summed E-state index contributed by atoms with van der Waals surface area (Å²) in [4.78, 5) is 60.6. The third kappa shape index (κ3) is 2.28. The molecular formula is C15H13N3O5. The second kappa shape index (κ2) is 5.31. The number of benzene rings is 1. The fourth-order valence-electron chi connectivity index (χ4n) is 2.76. The number of fused-ring (bicyclic) bond motifs is 1. The molecular weight excluding hydrogens is 302 g/mol. The van der Waals surface area contributed by atoms with Gasteiger partial charge in [-0.2, -0.15) is 0 Å². The number of imide groups is 2. The van der Waals surface area contributed by atoms with Crippen molar-refractivity contribution in [3.63, 3.8) is 0 Å². The number of nitrogens with one attached hydrogen (secondary N) is 2. The molecule has 1 saturated heterocycles. The molecule has 0 bridgehead atoms. The maximum atomic E-state index is 12.5. The first-order valence-electron chi connectivity index (χ1n) is 7.01. The Kier molecular flexibility index (Phi) is 3.44. The van der Waals surface area contributed by atoms with E-state index in [9.17, 15) is 24.0 Å². The summed E-state index contributed by atoms with van der Waals surface area (Å²) in [7, 11) is 1.46. The Morgan fingerprint density at radius 1 is 1.17 bits per heavy atom. The second-order valence-electron chi connectivity index (χ2n) is 5.29. The second-order valence-corrected chi connectivity index (χ2v) is 5.29. The van der Waals surface area contributed by atoms with E-state index in [1.807, 2.05) is 0 Å². The molecule has 2 N–H and O–H groups in total. The first kappa shape index (κ1) is 14.9. The van der Waals surface area contributed by atoms with Gasteiger partial charge in [0.25, 0.3) is 17.7 Å². The number of rotatable bonds is 2. The zero-order valence-corrected chi connectivity index (χ0v) is 12.2. The van der Waals surface area contributed by atoms with E-state index in [-0.39, 0.29) is 35.4 Å². The molecule has 5 amide bonds. The molecule has 0 aliphatic carbocycles. The Morgan fingerprint density at radius 2 is 1.87 bits per heavy atom. The molecule has 2 heterocycles. The Labute approximate surface area is 130 Å². The largest absolute Gasteiger partial charge is 0.355 e. The predicted molar refractivity (Wildman–Crippen MR) is 76.5 cm³/mol. The summed E-state index contributed by atoms with van der Waals surface area (Å²) >= 11 is 0. The van der Waals surface area contributed by atoms with E-state index in [0.717, 1.165) is 4.90 Å². The summed E-state index contributed by atoms with van der Waals surface area (Å²) in [5.74, 6) is -2.70. The molecule has 118 valence electrons. The minimum absolute atomic E-state index is 0.0628. The average molecular weight is 315 g/mol. The van der Waals surface area contributed by atoms with Crippen LogP contribution in [0, 0.1) is 0 Å². The molecule has 1 atom stereocenters. The molecule has 1 unspecified atom stereocenters. The number of amides is 5. The zero-order chi connectivity index (χ0) is 16.7. The fourth-order valence-corrected chi connectivity index (χ4v) is 2.76. The first-order chi connectivity index (χ1) is 10.9. The van der Waals surface area contributed by atoms with Crippen LogP contribution in [-0.4, -0.2) is 47.5 Å². The Hall–Kier alpha value is -3.03. The SMILES string of the molecule is CNC(=O)c1ccc2c(c1)C(=O)N(C1CCC(=O)NC1=O)C2=O. The molecule has 1 aromatic carbocycles. The highest BCUT2D eigenvalue weighted by molar-refractivity contribution is 6.24. The molecule has 23 heavy (non-hydrogen) atoms. The van der Waals surface area contributed by atoms with Gasteiger partial charge in [0.2, 0.25) is 11.8 Å². The third-order valence-electron chi connectivity index (χ3n) is 3.93. The van der Waals surface area contributed by atoms with Crippen molar-refractivity contribution in [1.29, 1.82) is 0 Å². The van der Waals surface area contributed by atoms with Crippen LogP contribution < -0.4 is 10.6 Å². The number of hydrogen-bond acceptors (Lipinski definition) is 5. The molecule has 8 nitrogen and oxygen atoms in total. The summed E-state index contributed by atoms with van der Waals surface area (Å²) in [5.41, 5.74) is 0.477. The van der Waals surface area contributed by atoms with Crippen molar-refractivity contribution in [1.82, 2.24) is 15.5 Å². The normalized spacial score (nSPS) is 20.4. The summed E-state index contributed by atoms with van der Waals surface area (Å²) < 4.78 is 0. The minimum Gasteiger partial charge on any atom is -0.355 e. The molecule has 1 aromatic rings. The molecule has 1 fully saturated rings. The van der Waals surface area contributed by atoms with Crippen LogP contribution in [0.15, 0.2) is 18.2 Å². The monoisotopic (exact) mass is 315 g/mol. The van der Waals surface area contributed by atoms with Gasteiger partial charge < -0.3 is 5.32 Å². The predicted octanol–water partition coefficient (Wildman–Crippen LogP) is -0.553. The standard InChI is InChI=1S/C15H13N3O5/c1-16-12(20)7-2-3-8-9(6-7)15(23)18(14(8)22)10-4-5-11(19)17-13(10)21/h2-3,6,10H,4-5H2,1H3,(H,16,20)(H,17,19,21). The van der Waals surface area contributed by atoms with Gasteiger partial charge in [0.15, 0.2) is 0 Å². The van der Waals surface area contributed by atoms with E-state index >= 15 is 0 Å². The highest BCUT2D eigenvalue weighted by Crippen LogP contribution is 2.28. The quantitative estimate of drug-likeness (QED) is 0.711. The lowest BCUT2D eigenvalue weighted by atomic mass is 10.0. The molecule has 2 aliphatic heterocycles. The Bertz CT molecular complexity index is 770. The van der Waals surface area contributed by atoms with Crippen LogP contribution in [0.25, 0.3) is 0 Å². The average Bonchev–Trinajstić information content (AvgIpc) is 2.78. The van der Waals surface area contributed by atoms with E-state index in [4.69, 9.17) is 0 Å². The summed E-state index contributed by atoms with van der Waals surface area (Å²) in [5, 5.41) is 4.56. The van der Waals surface area contributed by atoms with Crippen LogP contribution in [0.1, 0.15) is 43.9 Å². The highest BCUT2D eigenvalue weighted by atomic mass is 16.2. The van der Waals surface area contributed by atoms with Crippen molar-refractivity contribution in [3.05, 3.63) is 34.9 Å². The van der Waals surface area contributed by atoms with Gasteiger partial charge in [0, 0.05) is 19.0 Å². The Morgan fingerprint density at radius 3 is 2.52 bits per heavy atom. The number of carbonyl (C=O) groups excluding carboxylic acids is 5. The van der Waals surface area contributed by atoms with Crippen LogP contribution in [-0.2, 0) is 9.59 Å². The summed E-state index contributed by atoms with van der Waals surface area (Å²) in [6.07, 6.45) is 0.158. The summed E-state index contributed by atoms with van der Waals surface area (Å²) in [6, 6.07) is 3.16. The fraction of sp³-hybridized carbons (Fsp3) is 0.267. The van der Waals surface area contributed by atoms with Crippen molar-refractivity contribution in [2.75, 3.05) is 7.05 Å². The van der Waals surface area contributed by atoms with Crippen LogP contribution in [0.4, 0.5) is 0 Å². The van der Waals surface area contributed by atoms with Crippen LogP contribution >= 0.6 is 0 Å². The number of carbonyl (C=O) groups is 5. The van der Waals surface area contributed by atoms with E-state index in [2.05, 4.69) is 10.6 Å².